The van der Waals surface area contributed by atoms with Crippen LogP contribution in [0.15, 0.2) is 23.0 Å². The Morgan fingerprint density at radius 1 is 1.15 bits per heavy atom. The predicted molar refractivity (Wildman–Crippen MR) is 144 cm³/mol. The third kappa shape index (κ3) is 4.30. The van der Waals surface area contributed by atoms with Gasteiger partial charge in [0.25, 0.3) is 5.91 Å². The number of aliphatic hydroxyl groups is 3. The zero-order valence-corrected chi connectivity index (χ0v) is 23.1. The van der Waals surface area contributed by atoms with Crippen molar-refractivity contribution in [3.63, 3.8) is 0 Å². The maximum Gasteiger partial charge on any atom is 0.397 e. The van der Waals surface area contributed by atoms with Crippen molar-refractivity contribution in [2.24, 2.45) is 17.6 Å². The maximum atomic E-state index is 14.0. The second-order valence-electron chi connectivity index (χ2n) is 10.7. The first-order valence-corrected chi connectivity index (χ1v) is 12.8. The van der Waals surface area contributed by atoms with E-state index < -0.39 is 75.7 Å². The number of hydrogen-bond donors (Lipinski definition) is 6. The molecule has 14 nitrogen and oxygen atoms in total. The van der Waals surface area contributed by atoms with E-state index in [2.05, 4.69) is 10.1 Å². The molecule has 14 heteroatoms. The largest absolute Gasteiger partial charge is 0.508 e. The molecule has 3 aliphatic carbocycles. The Hall–Kier alpha value is -4.43. The van der Waals surface area contributed by atoms with Gasteiger partial charge < -0.3 is 41.1 Å². The number of fused-ring (bicyclic) bond motifs is 3. The second-order valence-corrected chi connectivity index (χ2v) is 10.7. The number of rotatable bonds is 5. The second kappa shape index (κ2) is 10.2. The molecule has 41 heavy (non-hydrogen) atoms. The third-order valence-electron chi connectivity index (χ3n) is 7.89. The van der Waals surface area contributed by atoms with E-state index in [1.54, 1.807) is 19.0 Å². The molecule has 1 saturated carbocycles. The number of phenolic OH excluding ortho intramolecular Hbond substituents is 1. The Bertz CT molecular complexity index is 1460. The van der Waals surface area contributed by atoms with Gasteiger partial charge in [0.15, 0.2) is 11.4 Å². The minimum atomic E-state index is -2.78. The number of ether oxygens (including phenoxy) is 1. The lowest BCUT2D eigenvalue weighted by atomic mass is 9.57. The lowest BCUT2D eigenvalue weighted by Gasteiger charge is -2.50. The number of esters is 1. The molecule has 0 spiro atoms. The number of anilines is 2. The maximum absolute atomic E-state index is 14.0. The number of aliphatic hydroxyl groups excluding tert-OH is 2. The lowest BCUT2D eigenvalue weighted by molar-refractivity contribution is -0.153. The summed E-state index contributed by atoms with van der Waals surface area (Å²) in [6, 6.07) is 0.194. The van der Waals surface area contributed by atoms with Gasteiger partial charge in [0, 0.05) is 31.3 Å². The molecule has 2 amide bonds. The number of nitrogens with one attached hydrogen (secondary N) is 1. The SMILES string of the molecule is CCOC(=O)C(=O)Nc1cc(N(C)C)c2c(c1O)C(O)=C1C(=O)C3(O)C(O)=C(C(N)=O)C(=O)C(N(C)C)C3CC1C2. The number of hydrogen-bond acceptors (Lipinski definition) is 12. The predicted octanol–water partition coefficient (Wildman–Crippen LogP) is -0.468. The minimum absolute atomic E-state index is 0.0573. The van der Waals surface area contributed by atoms with Crippen LogP contribution < -0.4 is 16.0 Å². The standard InChI is InChI=1S/C27H32N4O10/c1-6-41-26(39)25(38)29-13-9-14(30(2)3)11-7-10-8-12-18(31(4)5)21(34)17(24(28)37)23(36)27(12,40)22(35)15(10)20(33)16(11)19(13)32/h9-10,12,18,32-33,36,40H,6-8H2,1-5H3,(H2,28,37)(H,29,38). The van der Waals surface area contributed by atoms with E-state index in [9.17, 15) is 44.4 Å². The third-order valence-corrected chi connectivity index (χ3v) is 7.89. The summed E-state index contributed by atoms with van der Waals surface area (Å²) in [5.74, 6) is -10.3. The van der Waals surface area contributed by atoms with Crippen molar-refractivity contribution in [1.82, 2.24) is 4.90 Å². The monoisotopic (exact) mass is 572 g/mol. The molecule has 0 aliphatic heterocycles. The molecule has 1 aromatic rings. The number of primary amides is 1. The Labute approximate surface area is 234 Å². The Morgan fingerprint density at radius 2 is 1.78 bits per heavy atom. The molecule has 1 fully saturated rings. The summed E-state index contributed by atoms with van der Waals surface area (Å²) in [6.45, 7) is 1.44. The van der Waals surface area contributed by atoms with Crippen LogP contribution in [-0.4, -0.2) is 101 Å². The highest BCUT2D eigenvalue weighted by Gasteiger charge is 2.64. The van der Waals surface area contributed by atoms with Gasteiger partial charge in [-0.3, -0.25) is 24.1 Å². The van der Waals surface area contributed by atoms with Crippen molar-refractivity contribution in [3.8, 4) is 5.75 Å². The summed E-state index contributed by atoms with van der Waals surface area (Å²) in [5.41, 5.74) is 1.64. The summed E-state index contributed by atoms with van der Waals surface area (Å²) in [6.07, 6.45) is -0.0115. The van der Waals surface area contributed by atoms with E-state index in [1.165, 1.54) is 32.0 Å². The van der Waals surface area contributed by atoms with Crippen molar-refractivity contribution >= 4 is 46.5 Å². The molecule has 0 saturated heterocycles. The van der Waals surface area contributed by atoms with E-state index in [0.29, 0.717) is 11.3 Å². The molecule has 0 bridgehead atoms. The quantitative estimate of drug-likeness (QED) is 0.114. The van der Waals surface area contributed by atoms with Crippen LogP contribution in [0.1, 0.15) is 24.5 Å². The van der Waals surface area contributed by atoms with E-state index in [1.807, 2.05) is 0 Å². The number of nitrogens with two attached hydrogens (primary N) is 1. The molecule has 0 radical (unpaired) electrons. The van der Waals surface area contributed by atoms with Crippen molar-refractivity contribution < 1.29 is 49.1 Å². The zero-order valence-electron chi connectivity index (χ0n) is 23.1. The van der Waals surface area contributed by atoms with Crippen molar-refractivity contribution in [2.45, 2.75) is 31.4 Å². The van der Waals surface area contributed by atoms with Crippen LogP contribution in [0.4, 0.5) is 11.4 Å². The number of nitrogens with zero attached hydrogens (tertiary/aromatic N) is 2. The van der Waals surface area contributed by atoms with Crippen LogP contribution in [0.25, 0.3) is 5.76 Å². The highest BCUT2D eigenvalue weighted by atomic mass is 16.5. The summed E-state index contributed by atoms with van der Waals surface area (Å²) in [4.78, 5) is 66.6. The van der Waals surface area contributed by atoms with Crippen LogP contribution in [0.5, 0.6) is 5.75 Å². The minimum Gasteiger partial charge on any atom is -0.508 e. The van der Waals surface area contributed by atoms with E-state index in [4.69, 9.17) is 5.73 Å². The van der Waals surface area contributed by atoms with Gasteiger partial charge >= 0.3 is 11.9 Å². The van der Waals surface area contributed by atoms with Gasteiger partial charge in [-0.2, -0.15) is 0 Å². The number of carbonyl (C=O) groups is 5. The smallest absolute Gasteiger partial charge is 0.397 e. The molecule has 4 rings (SSSR count). The summed E-state index contributed by atoms with van der Waals surface area (Å²) >= 11 is 0. The summed E-state index contributed by atoms with van der Waals surface area (Å²) in [5, 5.41) is 47.5. The van der Waals surface area contributed by atoms with Gasteiger partial charge in [-0.15, -0.1) is 0 Å². The number of likely N-dealkylation sites (N-methyl/N-ethyl adjacent to an activating group) is 1. The number of aromatic hydroxyl groups is 1. The molecule has 3 aliphatic rings. The number of carbonyl (C=O) groups excluding carboxylic acids is 5. The van der Waals surface area contributed by atoms with Gasteiger partial charge in [0.2, 0.25) is 5.78 Å². The average Bonchev–Trinajstić information content (AvgIpc) is 2.87. The van der Waals surface area contributed by atoms with E-state index in [-0.39, 0.29) is 36.3 Å². The molecular formula is C27H32N4O10. The number of benzene rings is 1. The Kier molecular flexibility index (Phi) is 7.35. The normalized spacial score (nSPS) is 25.4. The lowest BCUT2D eigenvalue weighted by Crippen LogP contribution is -2.65. The summed E-state index contributed by atoms with van der Waals surface area (Å²) in [7, 11) is 6.37. The first-order valence-electron chi connectivity index (χ1n) is 12.8. The first kappa shape index (κ1) is 29.6. The molecule has 220 valence electrons. The van der Waals surface area contributed by atoms with Gasteiger partial charge in [-0.1, -0.05) is 0 Å². The molecule has 1 aromatic carbocycles. The number of amides is 2. The van der Waals surface area contributed by atoms with Crippen molar-refractivity contribution in [2.75, 3.05) is 45.0 Å². The highest BCUT2D eigenvalue weighted by molar-refractivity contribution is 6.37. The molecule has 4 unspecified atom stereocenters. The van der Waals surface area contributed by atoms with Gasteiger partial charge in [-0.05, 0) is 51.4 Å². The topological polar surface area (TPSA) is 220 Å². The zero-order chi connectivity index (χ0) is 30.7. The van der Waals surface area contributed by atoms with Gasteiger partial charge in [-0.25, -0.2) is 4.79 Å². The highest BCUT2D eigenvalue weighted by Crippen LogP contribution is 2.54. The Balaban J connectivity index is 1.94. The fourth-order valence-electron chi connectivity index (χ4n) is 6.16. The molecule has 7 N–H and O–H groups in total. The van der Waals surface area contributed by atoms with Crippen molar-refractivity contribution in [3.05, 3.63) is 34.1 Å². The van der Waals surface area contributed by atoms with E-state index >= 15 is 0 Å². The van der Waals surface area contributed by atoms with Crippen LogP contribution in [0.3, 0.4) is 0 Å². The van der Waals surface area contributed by atoms with Crippen LogP contribution in [0, 0.1) is 11.8 Å². The Morgan fingerprint density at radius 3 is 2.32 bits per heavy atom. The van der Waals surface area contributed by atoms with Crippen molar-refractivity contribution in [1.29, 1.82) is 0 Å². The van der Waals surface area contributed by atoms with E-state index in [0.717, 1.165) is 0 Å². The van der Waals surface area contributed by atoms with Crippen LogP contribution in [0.2, 0.25) is 0 Å². The summed E-state index contributed by atoms with van der Waals surface area (Å²) < 4.78 is 4.68. The number of Topliss-reactive ketones (excluding diaryl/α,β-unsaturated/α-hetero) is 2. The number of ketones is 2. The fourth-order valence-corrected chi connectivity index (χ4v) is 6.16. The van der Waals surface area contributed by atoms with Crippen LogP contribution in [-0.2, 0) is 35.1 Å². The molecule has 0 aromatic heterocycles. The average molecular weight is 573 g/mol. The molecule has 4 atom stereocenters. The fraction of sp³-hybridized carbons (Fsp3) is 0.444. The van der Waals surface area contributed by atoms with Crippen LogP contribution >= 0.6 is 0 Å². The molecular weight excluding hydrogens is 540 g/mol. The van der Waals surface area contributed by atoms with Gasteiger partial charge in [0.05, 0.1) is 23.9 Å². The molecule has 0 heterocycles. The number of phenols is 1. The van der Waals surface area contributed by atoms with Gasteiger partial charge in [0.1, 0.15) is 22.8 Å². The first-order chi connectivity index (χ1) is 19.1.